The minimum absolute atomic E-state index is 0.148. The van der Waals surface area contributed by atoms with Gasteiger partial charge in [0.05, 0.1) is 24.8 Å². The van der Waals surface area contributed by atoms with E-state index in [1.807, 2.05) is 0 Å². The summed E-state index contributed by atoms with van der Waals surface area (Å²) in [4.78, 5) is 23.0. The second-order valence-electron chi connectivity index (χ2n) is 3.99. The third-order valence-corrected chi connectivity index (χ3v) is 2.55. The molecule has 104 valence electrons. The van der Waals surface area contributed by atoms with Gasteiger partial charge in [0.1, 0.15) is 0 Å². The van der Waals surface area contributed by atoms with Crippen LogP contribution in [0.15, 0.2) is 24.3 Å². The van der Waals surface area contributed by atoms with E-state index in [1.54, 1.807) is 18.2 Å². The number of carbonyl (C=O) groups is 2. The molecule has 1 rings (SSSR count). The largest absolute Gasteiger partial charge is 0.465 e. The first-order valence-electron chi connectivity index (χ1n) is 6.15. The lowest BCUT2D eigenvalue weighted by molar-refractivity contribution is 0.0496. The van der Waals surface area contributed by atoms with Crippen molar-refractivity contribution in [3.05, 3.63) is 35.4 Å². The van der Waals surface area contributed by atoms with E-state index < -0.39 is 11.9 Å². The van der Waals surface area contributed by atoms with Gasteiger partial charge in [-0.25, -0.2) is 9.59 Å². The molecule has 1 N–H and O–H groups in total. The summed E-state index contributed by atoms with van der Waals surface area (Å²) in [6.45, 7) is 0.455. The van der Waals surface area contributed by atoms with Gasteiger partial charge in [-0.15, -0.1) is 0 Å². The third-order valence-electron chi connectivity index (χ3n) is 2.55. The average molecular weight is 266 g/mol. The number of hydrogen-bond donors (Lipinski definition) is 1. The van der Waals surface area contributed by atoms with Crippen molar-refractivity contribution >= 4 is 11.9 Å². The maximum Gasteiger partial charge on any atom is 0.338 e. The fraction of sp³-hybridized carbons (Fsp3) is 0.429. The summed E-state index contributed by atoms with van der Waals surface area (Å²) in [6.07, 6.45) is 2.23. The van der Waals surface area contributed by atoms with Gasteiger partial charge in [0, 0.05) is 6.61 Å². The molecule has 0 fully saturated rings. The van der Waals surface area contributed by atoms with Gasteiger partial charge in [-0.3, -0.25) is 0 Å². The van der Waals surface area contributed by atoms with Crippen LogP contribution in [0.25, 0.3) is 0 Å². The van der Waals surface area contributed by atoms with Crippen molar-refractivity contribution in [2.45, 2.75) is 19.3 Å². The Hall–Kier alpha value is -1.88. The number of unbranched alkanes of at least 4 members (excludes halogenated alkanes) is 2. The number of aliphatic hydroxyl groups is 1. The van der Waals surface area contributed by atoms with E-state index in [1.165, 1.54) is 13.2 Å². The summed E-state index contributed by atoms with van der Waals surface area (Å²) in [6, 6.07) is 6.21. The zero-order chi connectivity index (χ0) is 14.1. The molecule has 0 unspecified atom stereocenters. The first-order chi connectivity index (χ1) is 9.19. The van der Waals surface area contributed by atoms with E-state index in [0.717, 1.165) is 6.42 Å². The second kappa shape index (κ2) is 8.26. The van der Waals surface area contributed by atoms with Crippen molar-refractivity contribution in [2.75, 3.05) is 20.3 Å². The molecule has 5 nitrogen and oxygen atoms in total. The van der Waals surface area contributed by atoms with Crippen molar-refractivity contribution in [2.24, 2.45) is 0 Å². The van der Waals surface area contributed by atoms with Crippen molar-refractivity contribution in [3.8, 4) is 0 Å². The van der Waals surface area contributed by atoms with Gasteiger partial charge < -0.3 is 14.6 Å². The maximum absolute atomic E-state index is 11.7. The molecule has 5 heteroatoms. The molecule has 1 aromatic carbocycles. The number of hydrogen-bond acceptors (Lipinski definition) is 5. The molecule has 0 aromatic heterocycles. The van der Waals surface area contributed by atoms with E-state index in [4.69, 9.17) is 9.84 Å². The Balaban J connectivity index is 2.50. The van der Waals surface area contributed by atoms with Crippen molar-refractivity contribution in [1.82, 2.24) is 0 Å². The lowest BCUT2D eigenvalue weighted by atomic mass is 10.1. The van der Waals surface area contributed by atoms with Crippen molar-refractivity contribution in [3.63, 3.8) is 0 Å². The zero-order valence-corrected chi connectivity index (χ0v) is 10.9. The molecule has 0 aliphatic rings. The molecule has 0 saturated carbocycles. The molecule has 0 spiro atoms. The van der Waals surface area contributed by atoms with Gasteiger partial charge in [-0.1, -0.05) is 6.07 Å². The third kappa shape index (κ3) is 5.09. The van der Waals surface area contributed by atoms with Crippen molar-refractivity contribution in [1.29, 1.82) is 0 Å². The van der Waals surface area contributed by atoms with Crippen LogP contribution in [0.1, 0.15) is 40.0 Å². The lowest BCUT2D eigenvalue weighted by Crippen LogP contribution is -2.09. The number of benzene rings is 1. The molecule has 0 radical (unpaired) electrons. The van der Waals surface area contributed by atoms with Gasteiger partial charge in [0.25, 0.3) is 0 Å². The quantitative estimate of drug-likeness (QED) is 0.601. The summed E-state index contributed by atoms with van der Waals surface area (Å²) < 4.78 is 9.65. The Labute approximate surface area is 112 Å². The highest BCUT2D eigenvalue weighted by Crippen LogP contribution is 2.08. The molecule has 0 aliphatic carbocycles. The Bertz CT molecular complexity index is 428. The summed E-state index contributed by atoms with van der Waals surface area (Å²) in [7, 11) is 1.29. The van der Waals surface area contributed by atoms with E-state index in [0.29, 0.717) is 30.6 Å². The molecular formula is C14H18O5. The van der Waals surface area contributed by atoms with Crippen LogP contribution in [0.3, 0.4) is 0 Å². The summed E-state index contributed by atoms with van der Waals surface area (Å²) >= 11 is 0. The number of methoxy groups -OCH3 is 1. The zero-order valence-electron chi connectivity index (χ0n) is 10.9. The average Bonchev–Trinajstić information content (AvgIpc) is 2.46. The summed E-state index contributed by atoms with van der Waals surface area (Å²) in [5.41, 5.74) is 0.641. The Kier molecular flexibility index (Phi) is 6.60. The maximum atomic E-state index is 11.7. The van der Waals surface area contributed by atoms with Crippen LogP contribution < -0.4 is 0 Å². The summed E-state index contributed by atoms with van der Waals surface area (Å²) in [5, 5.41) is 8.61. The second-order valence-corrected chi connectivity index (χ2v) is 3.99. The highest BCUT2D eigenvalue weighted by Gasteiger charge is 2.11. The number of rotatable bonds is 7. The molecule has 0 amide bonds. The Morgan fingerprint density at radius 2 is 1.79 bits per heavy atom. The minimum atomic E-state index is -0.488. The number of esters is 2. The Morgan fingerprint density at radius 1 is 1.11 bits per heavy atom. The standard InChI is InChI=1S/C14H18O5/c1-18-13(16)11-6-5-7-12(10-11)14(17)19-9-4-2-3-8-15/h5-7,10,15H,2-4,8-9H2,1H3. The van der Waals surface area contributed by atoms with E-state index in [2.05, 4.69) is 4.74 Å². The first-order valence-corrected chi connectivity index (χ1v) is 6.15. The van der Waals surface area contributed by atoms with Crippen molar-refractivity contribution < 1.29 is 24.2 Å². The molecule has 19 heavy (non-hydrogen) atoms. The van der Waals surface area contributed by atoms with Crippen LogP contribution in [-0.2, 0) is 9.47 Å². The van der Waals surface area contributed by atoms with Gasteiger partial charge >= 0.3 is 11.9 Å². The Morgan fingerprint density at radius 3 is 2.42 bits per heavy atom. The van der Waals surface area contributed by atoms with Crippen LogP contribution in [0.2, 0.25) is 0 Å². The molecule has 0 atom stereocenters. The fourth-order valence-corrected chi connectivity index (χ4v) is 1.53. The normalized spacial score (nSPS) is 10.0. The van der Waals surface area contributed by atoms with Gasteiger partial charge in [0.2, 0.25) is 0 Å². The van der Waals surface area contributed by atoms with E-state index in [9.17, 15) is 9.59 Å². The van der Waals surface area contributed by atoms with Crippen LogP contribution in [0.4, 0.5) is 0 Å². The molecule has 0 saturated heterocycles. The topological polar surface area (TPSA) is 72.8 Å². The number of ether oxygens (including phenoxy) is 2. The molecule has 1 aromatic rings. The van der Waals surface area contributed by atoms with Crippen LogP contribution in [0, 0.1) is 0 Å². The van der Waals surface area contributed by atoms with E-state index >= 15 is 0 Å². The predicted molar refractivity (Wildman–Crippen MR) is 69.0 cm³/mol. The van der Waals surface area contributed by atoms with Gasteiger partial charge in [-0.2, -0.15) is 0 Å². The number of aliphatic hydroxyl groups excluding tert-OH is 1. The molecule has 0 bridgehead atoms. The first kappa shape index (κ1) is 15.2. The predicted octanol–water partition coefficient (Wildman–Crippen LogP) is 1.79. The summed E-state index contributed by atoms with van der Waals surface area (Å²) in [5.74, 6) is -0.952. The number of carbonyl (C=O) groups excluding carboxylic acids is 2. The van der Waals surface area contributed by atoms with E-state index in [-0.39, 0.29) is 6.61 Å². The molecule has 0 aliphatic heterocycles. The van der Waals surface area contributed by atoms with Crippen LogP contribution in [-0.4, -0.2) is 37.4 Å². The SMILES string of the molecule is COC(=O)c1cccc(C(=O)OCCCCCO)c1. The molecule has 0 heterocycles. The fourth-order valence-electron chi connectivity index (χ4n) is 1.53. The van der Waals surface area contributed by atoms with Gasteiger partial charge in [0.15, 0.2) is 0 Å². The minimum Gasteiger partial charge on any atom is -0.465 e. The van der Waals surface area contributed by atoms with Crippen LogP contribution >= 0.6 is 0 Å². The lowest BCUT2D eigenvalue weighted by Gasteiger charge is -2.05. The molecular weight excluding hydrogens is 248 g/mol. The highest BCUT2D eigenvalue weighted by molar-refractivity contribution is 5.95. The highest BCUT2D eigenvalue weighted by atomic mass is 16.5. The van der Waals surface area contributed by atoms with Crippen LogP contribution in [0.5, 0.6) is 0 Å². The monoisotopic (exact) mass is 266 g/mol. The smallest absolute Gasteiger partial charge is 0.338 e. The van der Waals surface area contributed by atoms with Gasteiger partial charge in [-0.05, 0) is 37.5 Å².